The molecule has 2 heterocycles. The average Bonchev–Trinajstić information content (AvgIpc) is 3.08. The summed E-state index contributed by atoms with van der Waals surface area (Å²) in [5.41, 5.74) is 8.58. The number of carbonyl (C=O) groups excluding carboxylic acids is 2. The SMILES string of the molecule is O=C1c2c(ccc3ncccc23)-c2ccc3c4ccc5c6c(ccc(c7ccc1c2c73)c64)C(=O)c1c-5ccc2ncccc12. The van der Waals surface area contributed by atoms with Crippen LogP contribution in [-0.2, 0) is 0 Å². The number of hydrogen-bond acceptors (Lipinski definition) is 4. The standard InChI is InChI=1S/C40H18N2O2/c43-39-29-11-9-21-22-10-12-30-36-24(26-14-16-32-28(4-2-18-42-32)38(26)40(30)44)8-6-20(34(22)36)19-5-7-23(35(29)33(19)21)25-13-15-31-27(37(25)39)3-1-17-41-31/h1-18H. The maximum Gasteiger partial charge on any atom is 0.194 e. The summed E-state index contributed by atoms with van der Waals surface area (Å²) in [6.07, 6.45) is 3.53. The van der Waals surface area contributed by atoms with E-state index in [2.05, 4.69) is 46.4 Å². The van der Waals surface area contributed by atoms with Gasteiger partial charge in [-0.1, -0.05) is 60.7 Å². The van der Waals surface area contributed by atoms with Gasteiger partial charge in [-0.15, -0.1) is 0 Å². The molecule has 0 atom stereocenters. The summed E-state index contributed by atoms with van der Waals surface area (Å²) in [6, 6.07) is 32.8. The number of nitrogens with zero attached hydrogens (tertiary/aromatic N) is 2. The van der Waals surface area contributed by atoms with Crippen LogP contribution < -0.4 is 0 Å². The summed E-state index contributed by atoms with van der Waals surface area (Å²) in [5.74, 6) is 0.0736. The van der Waals surface area contributed by atoms with Crippen LogP contribution in [0.25, 0.3) is 87.1 Å². The van der Waals surface area contributed by atoms with Crippen molar-refractivity contribution in [3.05, 3.63) is 132 Å². The van der Waals surface area contributed by atoms with Crippen LogP contribution >= 0.6 is 0 Å². The minimum atomic E-state index is 0.0368. The van der Waals surface area contributed by atoms with Gasteiger partial charge in [-0.2, -0.15) is 0 Å². The molecule has 11 rings (SSSR count). The molecule has 0 N–H and O–H groups in total. The first kappa shape index (κ1) is 22.6. The molecule has 0 amide bonds. The predicted molar refractivity (Wildman–Crippen MR) is 176 cm³/mol. The first-order valence-corrected chi connectivity index (χ1v) is 14.7. The molecule has 0 saturated carbocycles. The fraction of sp³-hybridized carbons (Fsp3) is 0. The largest absolute Gasteiger partial charge is 0.289 e. The zero-order valence-corrected chi connectivity index (χ0v) is 23.1. The summed E-state index contributed by atoms with van der Waals surface area (Å²) < 4.78 is 0. The van der Waals surface area contributed by atoms with Crippen LogP contribution in [0.1, 0.15) is 31.8 Å². The van der Waals surface area contributed by atoms with Crippen molar-refractivity contribution in [1.29, 1.82) is 0 Å². The molecule has 200 valence electrons. The maximum absolute atomic E-state index is 14.2. The lowest BCUT2D eigenvalue weighted by Crippen LogP contribution is -2.12. The van der Waals surface area contributed by atoms with Crippen molar-refractivity contribution < 1.29 is 9.59 Å². The normalized spacial score (nSPS) is 13.5. The van der Waals surface area contributed by atoms with Gasteiger partial charge in [0.2, 0.25) is 0 Å². The smallest absolute Gasteiger partial charge is 0.194 e. The van der Waals surface area contributed by atoms with Gasteiger partial charge in [0.25, 0.3) is 0 Å². The number of carbonyl (C=O) groups is 2. The van der Waals surface area contributed by atoms with Gasteiger partial charge < -0.3 is 0 Å². The van der Waals surface area contributed by atoms with Crippen LogP contribution in [0.4, 0.5) is 0 Å². The second-order valence-electron chi connectivity index (χ2n) is 11.9. The molecule has 7 aromatic carbocycles. The molecular weight excluding hydrogens is 540 g/mol. The van der Waals surface area contributed by atoms with Crippen LogP contribution in [0.5, 0.6) is 0 Å². The van der Waals surface area contributed by atoms with Gasteiger partial charge in [0.05, 0.1) is 11.0 Å². The van der Waals surface area contributed by atoms with Crippen LogP contribution in [0.2, 0.25) is 0 Å². The van der Waals surface area contributed by atoms with Gasteiger partial charge in [-0.05, 0) is 91.0 Å². The second-order valence-corrected chi connectivity index (χ2v) is 11.9. The Morgan fingerprint density at radius 1 is 0.341 bits per heavy atom. The minimum Gasteiger partial charge on any atom is -0.289 e. The van der Waals surface area contributed by atoms with E-state index in [1.807, 2.05) is 60.7 Å². The van der Waals surface area contributed by atoms with Gasteiger partial charge in [0.1, 0.15) is 0 Å². The van der Waals surface area contributed by atoms with Crippen LogP contribution in [0.3, 0.4) is 0 Å². The number of hydrogen-bond donors (Lipinski definition) is 0. The summed E-state index contributed by atoms with van der Waals surface area (Å²) >= 11 is 0. The molecule has 2 aliphatic carbocycles. The monoisotopic (exact) mass is 558 g/mol. The first-order chi connectivity index (χ1) is 21.7. The van der Waals surface area contributed by atoms with E-state index >= 15 is 0 Å². The fourth-order valence-electron chi connectivity index (χ4n) is 8.23. The Morgan fingerprint density at radius 3 is 1.16 bits per heavy atom. The Kier molecular flexibility index (Phi) is 3.84. The number of benzene rings is 7. The molecule has 9 aromatic rings. The van der Waals surface area contributed by atoms with Gasteiger partial charge in [-0.25, -0.2) is 0 Å². The summed E-state index contributed by atoms with van der Waals surface area (Å²) in [7, 11) is 0. The van der Waals surface area contributed by atoms with E-state index in [1.165, 1.54) is 0 Å². The molecule has 0 bridgehead atoms. The maximum atomic E-state index is 14.2. The van der Waals surface area contributed by atoms with E-state index in [1.54, 1.807) is 12.4 Å². The van der Waals surface area contributed by atoms with Crippen molar-refractivity contribution in [3.63, 3.8) is 0 Å². The molecule has 4 heteroatoms. The van der Waals surface area contributed by atoms with Gasteiger partial charge >= 0.3 is 0 Å². The van der Waals surface area contributed by atoms with E-state index in [4.69, 9.17) is 0 Å². The van der Waals surface area contributed by atoms with Gasteiger partial charge in [0.15, 0.2) is 11.6 Å². The molecule has 0 spiro atoms. The third-order valence-electron chi connectivity index (χ3n) is 10.00. The average molecular weight is 559 g/mol. The zero-order chi connectivity index (χ0) is 28.8. The van der Waals surface area contributed by atoms with Gasteiger partial charge in [0, 0.05) is 56.2 Å². The molecule has 0 fully saturated rings. The lowest BCUT2D eigenvalue weighted by atomic mass is 9.76. The molecule has 4 nitrogen and oxygen atoms in total. The van der Waals surface area contributed by atoms with Crippen molar-refractivity contribution in [2.45, 2.75) is 0 Å². The van der Waals surface area contributed by atoms with Crippen molar-refractivity contribution in [2.75, 3.05) is 0 Å². The Balaban J connectivity index is 1.29. The van der Waals surface area contributed by atoms with E-state index < -0.39 is 0 Å². The number of fused-ring (bicyclic) bond motifs is 10. The molecule has 0 saturated heterocycles. The summed E-state index contributed by atoms with van der Waals surface area (Å²) in [4.78, 5) is 37.4. The minimum absolute atomic E-state index is 0.0368. The molecule has 0 unspecified atom stereocenters. The third kappa shape index (κ3) is 2.46. The number of rotatable bonds is 0. The van der Waals surface area contributed by atoms with E-state index in [9.17, 15) is 9.59 Å². The van der Waals surface area contributed by atoms with Crippen molar-refractivity contribution in [2.24, 2.45) is 0 Å². The third-order valence-corrected chi connectivity index (χ3v) is 10.00. The van der Waals surface area contributed by atoms with E-state index in [0.29, 0.717) is 0 Å². The summed E-state index contributed by atoms with van der Waals surface area (Å²) in [6.45, 7) is 0. The zero-order valence-electron chi connectivity index (χ0n) is 23.1. The Bertz CT molecular complexity index is 2650. The highest BCUT2D eigenvalue weighted by Crippen LogP contribution is 2.51. The lowest BCUT2D eigenvalue weighted by Gasteiger charge is -2.26. The molecule has 44 heavy (non-hydrogen) atoms. The molecule has 2 aliphatic rings. The van der Waals surface area contributed by atoms with Crippen LogP contribution in [0, 0.1) is 0 Å². The van der Waals surface area contributed by atoms with Crippen LogP contribution in [-0.4, -0.2) is 21.5 Å². The van der Waals surface area contributed by atoms with E-state index in [0.717, 1.165) is 109 Å². The molecular formula is C40H18N2O2. The Morgan fingerprint density at radius 2 is 0.727 bits per heavy atom. The lowest BCUT2D eigenvalue weighted by molar-refractivity contribution is 0.103. The van der Waals surface area contributed by atoms with Crippen molar-refractivity contribution >= 4 is 76.5 Å². The van der Waals surface area contributed by atoms with Gasteiger partial charge in [-0.3, -0.25) is 19.6 Å². The Labute approximate surface area is 249 Å². The quantitative estimate of drug-likeness (QED) is 0.137. The van der Waals surface area contributed by atoms with E-state index in [-0.39, 0.29) is 11.6 Å². The number of pyridine rings is 2. The molecule has 2 aromatic heterocycles. The number of aromatic nitrogens is 2. The topological polar surface area (TPSA) is 59.9 Å². The fourth-order valence-corrected chi connectivity index (χ4v) is 8.23. The first-order valence-electron chi connectivity index (χ1n) is 14.7. The molecule has 0 radical (unpaired) electrons. The predicted octanol–water partition coefficient (Wildman–Crippen LogP) is 9.26. The summed E-state index contributed by atoms with van der Waals surface area (Å²) in [5, 5.41) is 10.3. The van der Waals surface area contributed by atoms with Crippen molar-refractivity contribution in [3.8, 4) is 22.3 Å². The van der Waals surface area contributed by atoms with Crippen molar-refractivity contribution in [1.82, 2.24) is 9.97 Å². The second kappa shape index (κ2) is 7.49. The highest BCUT2D eigenvalue weighted by Gasteiger charge is 2.32. The molecule has 0 aliphatic heterocycles. The van der Waals surface area contributed by atoms with Crippen LogP contribution in [0.15, 0.2) is 109 Å². The number of ketones is 2. The highest BCUT2D eigenvalue weighted by atomic mass is 16.1. The highest BCUT2D eigenvalue weighted by molar-refractivity contribution is 6.42. The Hall–Kier alpha value is -6.00.